The Kier molecular flexibility index (Phi) is 10.8. The molecule has 1 aromatic rings. The van der Waals surface area contributed by atoms with E-state index in [0.717, 1.165) is 0 Å². The van der Waals surface area contributed by atoms with Gasteiger partial charge in [-0.05, 0) is 58.4 Å². The molecule has 2 saturated heterocycles. The summed E-state index contributed by atoms with van der Waals surface area (Å²) in [6.45, 7) is 6.56. The van der Waals surface area contributed by atoms with Crippen LogP contribution in [0.1, 0.15) is 64.9 Å². The van der Waals surface area contributed by atoms with E-state index >= 15 is 0 Å². The Morgan fingerprint density at radius 1 is 1.05 bits per heavy atom. The quantitative estimate of drug-likeness (QED) is 0.437. The number of hydrogen-bond donors (Lipinski definition) is 1. The van der Waals surface area contributed by atoms with E-state index in [1.54, 1.807) is 68.0 Å². The van der Waals surface area contributed by atoms with E-state index < -0.39 is 45.0 Å². The van der Waals surface area contributed by atoms with Crippen LogP contribution in [-0.2, 0) is 34.7 Å². The average Bonchev–Trinajstić information content (AvgIpc) is 3.40. The van der Waals surface area contributed by atoms with Crippen molar-refractivity contribution < 1.29 is 37.4 Å². The van der Waals surface area contributed by atoms with Gasteiger partial charge in [0.15, 0.2) is 9.84 Å². The standard InChI is InChI=1S/C29H43N3O8S/c1-29(2,3)40-28(37)31-17-14-23(15-18-31)30(4)25(33)13-12-22(26(34)32-16-8-11-24(32)27(35)36)20-41(38,39)19-21-9-6-5-7-10-21/h5-7,9-10,22-24H,8,11-20H2,1-4H3,(H,35,36)/t22-,24-/m0/s1. The summed E-state index contributed by atoms with van der Waals surface area (Å²) >= 11 is 0. The zero-order chi connectivity index (χ0) is 30.4. The zero-order valence-electron chi connectivity index (χ0n) is 24.5. The average molecular weight is 594 g/mol. The number of carbonyl (C=O) groups excluding carboxylic acids is 3. The molecule has 3 rings (SSSR count). The van der Waals surface area contributed by atoms with Gasteiger partial charge in [0.05, 0.1) is 17.4 Å². The van der Waals surface area contributed by atoms with Gasteiger partial charge in [-0.25, -0.2) is 18.0 Å². The molecule has 2 fully saturated rings. The highest BCUT2D eigenvalue weighted by Gasteiger charge is 2.39. The molecule has 228 valence electrons. The molecule has 12 heteroatoms. The van der Waals surface area contributed by atoms with E-state index in [2.05, 4.69) is 0 Å². The normalized spacial score (nSPS) is 19.1. The highest BCUT2D eigenvalue weighted by Crippen LogP contribution is 2.25. The lowest BCUT2D eigenvalue weighted by Crippen LogP contribution is -2.48. The molecule has 2 heterocycles. The topological polar surface area (TPSA) is 142 Å². The number of hydrogen-bond acceptors (Lipinski definition) is 7. The van der Waals surface area contributed by atoms with Crippen LogP contribution in [0.2, 0.25) is 0 Å². The Hall–Kier alpha value is -3.15. The molecule has 0 radical (unpaired) electrons. The molecule has 0 bridgehead atoms. The molecule has 0 spiro atoms. The highest BCUT2D eigenvalue weighted by atomic mass is 32.2. The summed E-state index contributed by atoms with van der Waals surface area (Å²) in [5.74, 6) is -3.62. The molecule has 1 aromatic carbocycles. The van der Waals surface area contributed by atoms with Crippen molar-refractivity contribution in [3.05, 3.63) is 35.9 Å². The maximum Gasteiger partial charge on any atom is 0.410 e. The number of amides is 3. The van der Waals surface area contributed by atoms with Crippen LogP contribution in [0.3, 0.4) is 0 Å². The van der Waals surface area contributed by atoms with Crippen molar-refractivity contribution in [3.8, 4) is 0 Å². The number of carboxylic acid groups (broad SMARTS) is 1. The number of carbonyl (C=O) groups is 4. The predicted molar refractivity (Wildman–Crippen MR) is 153 cm³/mol. The van der Waals surface area contributed by atoms with Crippen molar-refractivity contribution >= 4 is 33.7 Å². The van der Waals surface area contributed by atoms with Crippen molar-refractivity contribution in [3.63, 3.8) is 0 Å². The van der Waals surface area contributed by atoms with Crippen LogP contribution in [0.5, 0.6) is 0 Å². The summed E-state index contributed by atoms with van der Waals surface area (Å²) in [4.78, 5) is 55.3. The number of sulfone groups is 1. The van der Waals surface area contributed by atoms with Gasteiger partial charge in [0.2, 0.25) is 11.8 Å². The summed E-state index contributed by atoms with van der Waals surface area (Å²) in [5, 5.41) is 9.58. The number of ether oxygens (including phenoxy) is 1. The maximum absolute atomic E-state index is 13.5. The fourth-order valence-electron chi connectivity index (χ4n) is 5.43. The van der Waals surface area contributed by atoms with Crippen LogP contribution in [0.25, 0.3) is 0 Å². The van der Waals surface area contributed by atoms with Crippen LogP contribution >= 0.6 is 0 Å². The number of likely N-dealkylation sites (tertiary alicyclic amines) is 2. The Balaban J connectivity index is 1.64. The Labute approximate surface area is 242 Å². The molecule has 41 heavy (non-hydrogen) atoms. The van der Waals surface area contributed by atoms with E-state index in [1.165, 1.54) is 4.90 Å². The molecule has 2 aliphatic heterocycles. The van der Waals surface area contributed by atoms with Gasteiger partial charge >= 0.3 is 12.1 Å². The third-order valence-electron chi connectivity index (χ3n) is 7.62. The van der Waals surface area contributed by atoms with Gasteiger partial charge in [-0.2, -0.15) is 0 Å². The molecular weight excluding hydrogens is 550 g/mol. The minimum absolute atomic E-state index is 0.00435. The third kappa shape index (κ3) is 9.44. The molecule has 1 N–H and O–H groups in total. The number of nitrogens with zero attached hydrogens (tertiary/aromatic N) is 3. The van der Waals surface area contributed by atoms with Crippen molar-refractivity contribution in [2.45, 2.75) is 82.7 Å². The second-order valence-corrected chi connectivity index (χ2v) is 14.1. The Morgan fingerprint density at radius 3 is 2.27 bits per heavy atom. The van der Waals surface area contributed by atoms with Gasteiger partial charge < -0.3 is 24.5 Å². The van der Waals surface area contributed by atoms with Gasteiger partial charge in [0.25, 0.3) is 0 Å². The molecule has 3 amide bonds. The Morgan fingerprint density at radius 2 is 1.68 bits per heavy atom. The van der Waals surface area contributed by atoms with Gasteiger partial charge in [-0.3, -0.25) is 9.59 Å². The first-order valence-corrected chi connectivity index (χ1v) is 16.0. The molecule has 2 atom stereocenters. The molecule has 0 aromatic heterocycles. The molecule has 0 saturated carbocycles. The van der Waals surface area contributed by atoms with Crippen LogP contribution in [0.15, 0.2) is 30.3 Å². The molecule has 2 aliphatic rings. The number of rotatable bonds is 10. The monoisotopic (exact) mass is 593 g/mol. The zero-order valence-corrected chi connectivity index (χ0v) is 25.3. The number of benzene rings is 1. The number of carboxylic acids is 1. The SMILES string of the molecule is CN(C(=O)CC[C@@H](CS(=O)(=O)Cc1ccccc1)C(=O)N1CCC[C@H]1C(=O)O)C1CCN(C(=O)OC(C)(C)C)CC1. The van der Waals surface area contributed by atoms with Crippen molar-refractivity contribution in [2.24, 2.45) is 5.92 Å². The molecular formula is C29H43N3O8S. The highest BCUT2D eigenvalue weighted by molar-refractivity contribution is 7.90. The lowest BCUT2D eigenvalue weighted by Gasteiger charge is -2.37. The maximum atomic E-state index is 13.5. The smallest absolute Gasteiger partial charge is 0.410 e. The fourth-order valence-corrected chi connectivity index (χ4v) is 7.17. The first-order valence-electron chi connectivity index (χ1n) is 14.2. The van der Waals surface area contributed by atoms with Crippen LogP contribution in [0.4, 0.5) is 4.79 Å². The van der Waals surface area contributed by atoms with Crippen molar-refractivity contribution in [2.75, 3.05) is 32.4 Å². The van der Waals surface area contributed by atoms with E-state index in [0.29, 0.717) is 44.3 Å². The van der Waals surface area contributed by atoms with Crippen LogP contribution < -0.4 is 0 Å². The van der Waals surface area contributed by atoms with E-state index in [9.17, 15) is 32.7 Å². The second-order valence-electron chi connectivity index (χ2n) is 12.0. The minimum Gasteiger partial charge on any atom is -0.480 e. The first-order chi connectivity index (χ1) is 19.2. The summed E-state index contributed by atoms with van der Waals surface area (Å²) in [6.07, 6.45) is 1.54. The summed E-state index contributed by atoms with van der Waals surface area (Å²) in [5.41, 5.74) is -0.000176. The van der Waals surface area contributed by atoms with Gasteiger partial charge in [-0.1, -0.05) is 30.3 Å². The predicted octanol–water partition coefficient (Wildman–Crippen LogP) is 2.93. The molecule has 0 aliphatic carbocycles. The fraction of sp³-hybridized carbons (Fsp3) is 0.655. The van der Waals surface area contributed by atoms with E-state index in [4.69, 9.17) is 4.74 Å². The first kappa shape index (κ1) is 32.4. The molecule has 11 nitrogen and oxygen atoms in total. The lowest BCUT2D eigenvalue weighted by atomic mass is 10.0. The number of aliphatic carboxylic acids is 1. The third-order valence-corrected chi connectivity index (χ3v) is 9.30. The summed E-state index contributed by atoms with van der Waals surface area (Å²) in [7, 11) is -2.05. The van der Waals surface area contributed by atoms with Gasteiger partial charge in [0.1, 0.15) is 11.6 Å². The van der Waals surface area contributed by atoms with Gasteiger partial charge in [-0.15, -0.1) is 0 Å². The molecule has 0 unspecified atom stereocenters. The second kappa shape index (κ2) is 13.7. The Bertz CT molecular complexity index is 1190. The van der Waals surface area contributed by atoms with Crippen LogP contribution in [-0.4, -0.2) is 102 Å². The van der Waals surface area contributed by atoms with E-state index in [-0.39, 0.29) is 43.2 Å². The number of piperidine rings is 1. The summed E-state index contributed by atoms with van der Waals surface area (Å²) in [6, 6.07) is 7.56. The van der Waals surface area contributed by atoms with Crippen molar-refractivity contribution in [1.29, 1.82) is 0 Å². The lowest BCUT2D eigenvalue weighted by molar-refractivity contribution is -0.150. The largest absolute Gasteiger partial charge is 0.480 e. The van der Waals surface area contributed by atoms with E-state index in [1.807, 2.05) is 0 Å². The van der Waals surface area contributed by atoms with Gasteiger partial charge in [0, 0.05) is 39.1 Å². The van der Waals surface area contributed by atoms with Crippen molar-refractivity contribution in [1.82, 2.24) is 14.7 Å². The van der Waals surface area contributed by atoms with Crippen LogP contribution in [0, 0.1) is 5.92 Å². The summed E-state index contributed by atoms with van der Waals surface area (Å²) < 4.78 is 31.7. The minimum atomic E-state index is -3.73.